The molecule has 2 aromatic carbocycles. The number of hydrogen-bond acceptors (Lipinski definition) is 3. The van der Waals surface area contributed by atoms with Crippen LogP contribution in [0.1, 0.15) is 17.5 Å². The molecule has 1 atom stereocenters. The van der Waals surface area contributed by atoms with E-state index in [1.165, 1.54) is 27.9 Å². The molecule has 0 saturated heterocycles. The van der Waals surface area contributed by atoms with Gasteiger partial charge in [-0.05, 0) is 53.6 Å². The number of carbonyl (C=O) groups excluding carboxylic acids is 1. The molecule has 4 heteroatoms. The second-order valence-corrected chi connectivity index (χ2v) is 6.34. The second-order valence-electron chi connectivity index (χ2n) is 6.34. The van der Waals surface area contributed by atoms with E-state index in [0.717, 1.165) is 12.8 Å². The summed E-state index contributed by atoms with van der Waals surface area (Å²) in [6.07, 6.45) is 2.36. The zero-order valence-electron chi connectivity index (χ0n) is 13.5. The number of fused-ring (bicyclic) bond motifs is 1. The van der Waals surface area contributed by atoms with E-state index in [2.05, 4.69) is 47.4 Å². The molecule has 2 aromatic rings. The molecule has 0 aliphatic heterocycles. The van der Waals surface area contributed by atoms with Gasteiger partial charge in [-0.1, -0.05) is 30.3 Å². The predicted octanol–water partition coefficient (Wildman–Crippen LogP) is 3.03. The lowest BCUT2D eigenvalue weighted by Crippen LogP contribution is -2.31. The van der Waals surface area contributed by atoms with Crippen molar-refractivity contribution in [2.45, 2.75) is 19.3 Å². The Kier molecular flexibility index (Phi) is 4.35. The minimum atomic E-state index is -0.281. The van der Waals surface area contributed by atoms with Gasteiger partial charge in [0.25, 0.3) is 0 Å². The zero-order chi connectivity index (χ0) is 16.4. The van der Waals surface area contributed by atoms with E-state index in [9.17, 15) is 4.79 Å². The maximum absolute atomic E-state index is 11.7. The van der Waals surface area contributed by atoms with E-state index >= 15 is 0 Å². The van der Waals surface area contributed by atoms with Crippen LogP contribution in [0, 0.1) is 5.92 Å². The Bertz CT molecular complexity index is 708. The van der Waals surface area contributed by atoms with Crippen LogP contribution < -0.4 is 10.4 Å². The molecule has 4 nitrogen and oxygen atoms in total. The Morgan fingerprint density at radius 2 is 1.78 bits per heavy atom. The number of hydroxylamine groups is 1. The number of amides is 1. The zero-order valence-corrected chi connectivity index (χ0v) is 13.5. The van der Waals surface area contributed by atoms with Gasteiger partial charge in [-0.2, -0.15) is 0 Å². The lowest BCUT2D eigenvalue weighted by atomic mass is 9.82. The number of nitrogens with one attached hydrogen (secondary N) is 1. The molecule has 1 unspecified atom stereocenters. The topological polar surface area (TPSA) is 52.6 Å². The highest BCUT2D eigenvalue weighted by atomic mass is 16.5. The maximum Gasteiger partial charge on any atom is 0.246 e. The lowest BCUT2D eigenvalue weighted by molar-refractivity contribution is -0.133. The van der Waals surface area contributed by atoms with Crippen molar-refractivity contribution in [1.82, 2.24) is 5.48 Å². The third-order valence-corrected chi connectivity index (χ3v) is 4.63. The quantitative estimate of drug-likeness (QED) is 0.677. The number of aryl methyl sites for hydroxylation is 1. The van der Waals surface area contributed by atoms with Crippen molar-refractivity contribution in [3.8, 4) is 11.1 Å². The maximum atomic E-state index is 11.7. The molecular weight excluding hydrogens is 288 g/mol. The number of benzene rings is 2. The fourth-order valence-corrected chi connectivity index (χ4v) is 3.20. The van der Waals surface area contributed by atoms with Crippen molar-refractivity contribution in [3.05, 3.63) is 53.6 Å². The van der Waals surface area contributed by atoms with Gasteiger partial charge in [-0.25, -0.2) is 5.48 Å². The Labute approximate surface area is 136 Å². The molecule has 2 N–H and O–H groups in total. The van der Waals surface area contributed by atoms with Crippen molar-refractivity contribution >= 4 is 11.6 Å². The average molecular weight is 310 g/mol. The Balaban J connectivity index is 1.87. The number of nitrogens with zero attached hydrogens (tertiary/aromatic N) is 1. The summed E-state index contributed by atoms with van der Waals surface area (Å²) >= 11 is 0. The summed E-state index contributed by atoms with van der Waals surface area (Å²) in [4.78, 5) is 13.7. The minimum Gasteiger partial charge on any atom is -0.378 e. The molecule has 3 rings (SSSR count). The van der Waals surface area contributed by atoms with Crippen molar-refractivity contribution in [1.29, 1.82) is 0 Å². The fraction of sp³-hybridized carbons (Fsp3) is 0.316. The average Bonchev–Trinajstić information content (AvgIpc) is 2.60. The van der Waals surface area contributed by atoms with Gasteiger partial charge in [0, 0.05) is 25.7 Å². The lowest BCUT2D eigenvalue weighted by Gasteiger charge is -2.23. The van der Waals surface area contributed by atoms with Gasteiger partial charge in [0.2, 0.25) is 5.91 Å². The van der Waals surface area contributed by atoms with E-state index in [1.807, 2.05) is 14.1 Å². The first-order chi connectivity index (χ1) is 11.1. The third-order valence-electron chi connectivity index (χ3n) is 4.63. The SMILES string of the molecule is CN(C)c1ccc(-c2ccc3c(c2)CC(C(=O)NO)CC3)cc1. The van der Waals surface area contributed by atoms with Crippen molar-refractivity contribution < 1.29 is 10.0 Å². The summed E-state index contributed by atoms with van der Waals surface area (Å²) in [7, 11) is 4.06. The molecule has 0 bridgehead atoms. The smallest absolute Gasteiger partial charge is 0.246 e. The first-order valence-electron chi connectivity index (χ1n) is 7.92. The van der Waals surface area contributed by atoms with Crippen LogP contribution in [0.4, 0.5) is 5.69 Å². The first kappa shape index (κ1) is 15.6. The van der Waals surface area contributed by atoms with Crippen LogP contribution in [0.15, 0.2) is 42.5 Å². The highest BCUT2D eigenvalue weighted by Gasteiger charge is 2.24. The van der Waals surface area contributed by atoms with Gasteiger partial charge in [0.15, 0.2) is 0 Å². The molecule has 0 spiro atoms. The van der Waals surface area contributed by atoms with Crippen LogP contribution in [-0.2, 0) is 17.6 Å². The highest BCUT2D eigenvalue weighted by molar-refractivity contribution is 5.78. The number of carbonyl (C=O) groups is 1. The van der Waals surface area contributed by atoms with Crippen LogP contribution in [0.5, 0.6) is 0 Å². The molecule has 23 heavy (non-hydrogen) atoms. The molecule has 0 saturated carbocycles. The molecule has 1 amide bonds. The molecule has 1 aliphatic carbocycles. The van der Waals surface area contributed by atoms with E-state index in [4.69, 9.17) is 5.21 Å². The van der Waals surface area contributed by atoms with E-state index < -0.39 is 0 Å². The number of hydrogen-bond donors (Lipinski definition) is 2. The predicted molar refractivity (Wildman–Crippen MR) is 91.6 cm³/mol. The highest BCUT2D eigenvalue weighted by Crippen LogP contribution is 2.30. The molecule has 1 aliphatic rings. The largest absolute Gasteiger partial charge is 0.378 e. The molecule has 120 valence electrons. The normalized spacial score (nSPS) is 16.6. The van der Waals surface area contributed by atoms with Crippen molar-refractivity contribution in [2.24, 2.45) is 5.92 Å². The first-order valence-corrected chi connectivity index (χ1v) is 7.92. The third kappa shape index (κ3) is 3.22. The van der Waals surface area contributed by atoms with Crippen LogP contribution in [-0.4, -0.2) is 25.2 Å². The van der Waals surface area contributed by atoms with Gasteiger partial charge in [-0.3, -0.25) is 10.0 Å². The Morgan fingerprint density at radius 3 is 2.43 bits per heavy atom. The number of rotatable bonds is 3. The molecular formula is C19H22N2O2. The minimum absolute atomic E-state index is 0.140. The number of anilines is 1. The molecule has 0 aromatic heterocycles. The summed E-state index contributed by atoms with van der Waals surface area (Å²) in [6.45, 7) is 0. The van der Waals surface area contributed by atoms with Crippen LogP contribution in [0.25, 0.3) is 11.1 Å². The standard InChI is InChI=1S/C19H22N2O2/c1-21(2)18-9-7-13(8-10-18)15-5-3-14-4-6-16(19(22)20-23)12-17(14)11-15/h3,5,7-11,16,23H,4,6,12H2,1-2H3,(H,20,22). The van der Waals surface area contributed by atoms with Gasteiger partial charge in [0.1, 0.15) is 0 Å². The Morgan fingerprint density at radius 1 is 1.09 bits per heavy atom. The summed E-state index contributed by atoms with van der Waals surface area (Å²) in [5.74, 6) is -0.421. The molecule has 0 radical (unpaired) electrons. The van der Waals surface area contributed by atoms with Crippen molar-refractivity contribution in [3.63, 3.8) is 0 Å². The van der Waals surface area contributed by atoms with Crippen LogP contribution >= 0.6 is 0 Å². The summed E-state index contributed by atoms with van der Waals surface area (Å²) in [5.41, 5.74) is 7.81. The fourth-order valence-electron chi connectivity index (χ4n) is 3.20. The van der Waals surface area contributed by atoms with Gasteiger partial charge >= 0.3 is 0 Å². The van der Waals surface area contributed by atoms with E-state index in [1.54, 1.807) is 5.48 Å². The van der Waals surface area contributed by atoms with E-state index in [-0.39, 0.29) is 11.8 Å². The second kappa shape index (κ2) is 6.42. The van der Waals surface area contributed by atoms with Gasteiger partial charge in [0.05, 0.1) is 0 Å². The monoisotopic (exact) mass is 310 g/mol. The Hall–Kier alpha value is -2.33. The van der Waals surface area contributed by atoms with Crippen LogP contribution in [0.3, 0.4) is 0 Å². The van der Waals surface area contributed by atoms with Crippen molar-refractivity contribution in [2.75, 3.05) is 19.0 Å². The molecule has 0 heterocycles. The van der Waals surface area contributed by atoms with Crippen LogP contribution in [0.2, 0.25) is 0 Å². The molecule has 0 fully saturated rings. The summed E-state index contributed by atoms with van der Waals surface area (Å²) in [5, 5.41) is 8.83. The van der Waals surface area contributed by atoms with Gasteiger partial charge < -0.3 is 4.90 Å². The van der Waals surface area contributed by atoms with Gasteiger partial charge in [-0.15, -0.1) is 0 Å². The van der Waals surface area contributed by atoms with E-state index in [0.29, 0.717) is 6.42 Å². The summed E-state index contributed by atoms with van der Waals surface area (Å²) < 4.78 is 0. The summed E-state index contributed by atoms with van der Waals surface area (Å²) in [6, 6.07) is 15.0.